The molecule has 19 heavy (non-hydrogen) atoms. The molecular formula is C16H24N2O. The van der Waals surface area contributed by atoms with Gasteiger partial charge in [0.1, 0.15) is 5.75 Å². The number of nitrogens with zero attached hydrogens (tertiary/aromatic N) is 2. The second-order valence-electron chi connectivity index (χ2n) is 6.03. The SMILES string of the molecule is COc1cc2ccn(CC(C)(C)N(C)C)c2cc1C. The van der Waals surface area contributed by atoms with Gasteiger partial charge in [-0.3, -0.25) is 0 Å². The molecule has 0 aliphatic carbocycles. The second kappa shape index (κ2) is 4.89. The first-order chi connectivity index (χ1) is 8.85. The van der Waals surface area contributed by atoms with Gasteiger partial charge in [-0.15, -0.1) is 0 Å². The maximum Gasteiger partial charge on any atom is 0.122 e. The zero-order valence-corrected chi connectivity index (χ0v) is 12.8. The van der Waals surface area contributed by atoms with Crippen LogP contribution in [0.1, 0.15) is 19.4 Å². The fraction of sp³-hybridized carbons (Fsp3) is 0.500. The van der Waals surface area contributed by atoms with Gasteiger partial charge in [0.2, 0.25) is 0 Å². The van der Waals surface area contributed by atoms with Gasteiger partial charge < -0.3 is 14.2 Å². The molecule has 2 rings (SSSR count). The van der Waals surface area contributed by atoms with Crippen LogP contribution in [0.5, 0.6) is 5.75 Å². The summed E-state index contributed by atoms with van der Waals surface area (Å²) in [5.74, 6) is 0.956. The number of aromatic nitrogens is 1. The molecule has 0 aliphatic heterocycles. The fourth-order valence-electron chi connectivity index (χ4n) is 2.24. The van der Waals surface area contributed by atoms with Crippen LogP contribution >= 0.6 is 0 Å². The molecule has 1 heterocycles. The highest BCUT2D eigenvalue weighted by atomic mass is 16.5. The Morgan fingerprint density at radius 2 is 1.95 bits per heavy atom. The van der Waals surface area contributed by atoms with Crippen molar-refractivity contribution in [3.8, 4) is 5.75 Å². The van der Waals surface area contributed by atoms with Crippen molar-refractivity contribution in [3.05, 3.63) is 30.0 Å². The molecule has 0 atom stereocenters. The van der Waals surface area contributed by atoms with Crippen molar-refractivity contribution in [3.63, 3.8) is 0 Å². The van der Waals surface area contributed by atoms with E-state index >= 15 is 0 Å². The van der Waals surface area contributed by atoms with Gasteiger partial charge in [-0.2, -0.15) is 0 Å². The van der Waals surface area contributed by atoms with Gasteiger partial charge in [-0.05, 0) is 58.6 Å². The Morgan fingerprint density at radius 1 is 1.26 bits per heavy atom. The first-order valence-corrected chi connectivity index (χ1v) is 6.66. The molecule has 104 valence electrons. The molecule has 0 radical (unpaired) electrons. The number of aryl methyl sites for hydroxylation is 1. The highest BCUT2D eigenvalue weighted by molar-refractivity contribution is 5.83. The Hall–Kier alpha value is -1.48. The summed E-state index contributed by atoms with van der Waals surface area (Å²) in [5, 5.41) is 1.23. The average molecular weight is 260 g/mol. The molecule has 2 aromatic rings. The normalized spacial score (nSPS) is 12.4. The number of ether oxygens (including phenoxy) is 1. The lowest BCUT2D eigenvalue weighted by Gasteiger charge is -2.33. The molecule has 0 saturated carbocycles. The van der Waals surface area contributed by atoms with Crippen molar-refractivity contribution >= 4 is 10.9 Å². The molecule has 1 aromatic carbocycles. The van der Waals surface area contributed by atoms with Gasteiger partial charge in [-0.1, -0.05) is 0 Å². The summed E-state index contributed by atoms with van der Waals surface area (Å²) < 4.78 is 7.71. The van der Waals surface area contributed by atoms with E-state index in [1.54, 1.807) is 7.11 Å². The van der Waals surface area contributed by atoms with Crippen LogP contribution in [0, 0.1) is 6.92 Å². The molecule has 1 aromatic heterocycles. The number of hydrogen-bond donors (Lipinski definition) is 0. The van der Waals surface area contributed by atoms with Crippen LogP contribution < -0.4 is 4.74 Å². The molecule has 0 fully saturated rings. The van der Waals surface area contributed by atoms with E-state index in [9.17, 15) is 0 Å². The van der Waals surface area contributed by atoms with E-state index in [-0.39, 0.29) is 5.54 Å². The third-order valence-electron chi connectivity index (χ3n) is 4.06. The molecule has 3 nitrogen and oxygen atoms in total. The summed E-state index contributed by atoms with van der Waals surface area (Å²) in [6, 6.07) is 6.48. The van der Waals surface area contributed by atoms with Crippen molar-refractivity contribution in [2.75, 3.05) is 21.2 Å². The molecule has 0 N–H and O–H groups in total. The van der Waals surface area contributed by atoms with Crippen molar-refractivity contribution in [1.82, 2.24) is 9.47 Å². The highest BCUT2D eigenvalue weighted by Crippen LogP contribution is 2.27. The number of likely N-dealkylation sites (N-methyl/N-ethyl adjacent to an activating group) is 1. The highest BCUT2D eigenvalue weighted by Gasteiger charge is 2.21. The minimum Gasteiger partial charge on any atom is -0.496 e. The van der Waals surface area contributed by atoms with Crippen LogP contribution in [-0.2, 0) is 6.54 Å². The smallest absolute Gasteiger partial charge is 0.122 e. The molecule has 3 heteroatoms. The third kappa shape index (κ3) is 2.61. The summed E-state index contributed by atoms with van der Waals surface area (Å²) >= 11 is 0. The lowest BCUT2D eigenvalue weighted by molar-refractivity contribution is 0.171. The van der Waals surface area contributed by atoms with Crippen LogP contribution in [0.25, 0.3) is 10.9 Å². The minimum absolute atomic E-state index is 0.125. The lowest BCUT2D eigenvalue weighted by atomic mass is 10.0. The van der Waals surface area contributed by atoms with Crippen LogP contribution in [0.15, 0.2) is 24.4 Å². The van der Waals surface area contributed by atoms with Crippen molar-refractivity contribution in [2.24, 2.45) is 0 Å². The molecule has 0 spiro atoms. The second-order valence-corrected chi connectivity index (χ2v) is 6.03. The maximum absolute atomic E-state index is 5.38. The Balaban J connectivity index is 2.43. The minimum atomic E-state index is 0.125. The topological polar surface area (TPSA) is 17.4 Å². The van der Waals surface area contributed by atoms with Crippen molar-refractivity contribution < 1.29 is 4.74 Å². The van der Waals surface area contributed by atoms with Gasteiger partial charge in [-0.25, -0.2) is 0 Å². The average Bonchev–Trinajstić information content (AvgIpc) is 2.70. The van der Waals surface area contributed by atoms with E-state index < -0.39 is 0 Å². The van der Waals surface area contributed by atoms with Gasteiger partial charge >= 0.3 is 0 Å². The Morgan fingerprint density at radius 3 is 2.53 bits per heavy atom. The zero-order chi connectivity index (χ0) is 14.2. The summed E-state index contributed by atoms with van der Waals surface area (Å²) in [7, 11) is 5.97. The van der Waals surface area contributed by atoms with Crippen LogP contribution in [0.3, 0.4) is 0 Å². The largest absolute Gasteiger partial charge is 0.496 e. The predicted octanol–water partition coefficient (Wildman–Crippen LogP) is 3.30. The van der Waals surface area contributed by atoms with Gasteiger partial charge in [0.15, 0.2) is 0 Å². The quantitative estimate of drug-likeness (QED) is 0.839. The summed E-state index contributed by atoms with van der Waals surface area (Å²) in [5.41, 5.74) is 2.57. The number of rotatable bonds is 4. The van der Waals surface area contributed by atoms with E-state index in [1.807, 2.05) is 0 Å². The lowest BCUT2D eigenvalue weighted by Crippen LogP contribution is -2.41. The molecule has 0 saturated heterocycles. The maximum atomic E-state index is 5.38. The molecule has 0 aliphatic rings. The molecule has 0 unspecified atom stereocenters. The van der Waals surface area contributed by atoms with E-state index in [0.29, 0.717) is 0 Å². The first kappa shape index (κ1) is 13.9. The van der Waals surface area contributed by atoms with Crippen molar-refractivity contribution in [2.45, 2.75) is 32.9 Å². The number of fused-ring (bicyclic) bond motifs is 1. The molecule has 0 amide bonds. The number of methoxy groups -OCH3 is 1. The summed E-state index contributed by atoms with van der Waals surface area (Å²) in [4.78, 5) is 2.26. The van der Waals surface area contributed by atoms with E-state index in [1.165, 1.54) is 16.5 Å². The van der Waals surface area contributed by atoms with Crippen molar-refractivity contribution in [1.29, 1.82) is 0 Å². The Labute approximate surface area is 115 Å². The Bertz CT molecular complexity index is 582. The summed E-state index contributed by atoms with van der Waals surface area (Å²) in [6.07, 6.45) is 2.16. The standard InChI is InChI=1S/C16H24N2O/c1-12-9-14-13(10-15(12)19-6)7-8-18(14)11-16(2,3)17(4)5/h7-10H,11H2,1-6H3. The van der Waals surface area contributed by atoms with Gasteiger partial charge in [0, 0.05) is 29.2 Å². The van der Waals surface area contributed by atoms with Gasteiger partial charge in [0.05, 0.1) is 7.11 Å². The number of hydrogen-bond acceptors (Lipinski definition) is 2. The van der Waals surface area contributed by atoms with Crippen LogP contribution in [0.2, 0.25) is 0 Å². The fourth-order valence-corrected chi connectivity index (χ4v) is 2.24. The first-order valence-electron chi connectivity index (χ1n) is 6.66. The van der Waals surface area contributed by atoms with Gasteiger partial charge in [0.25, 0.3) is 0 Å². The predicted molar refractivity (Wildman–Crippen MR) is 81.0 cm³/mol. The van der Waals surface area contributed by atoms with Crippen LogP contribution in [-0.4, -0.2) is 36.2 Å². The van der Waals surface area contributed by atoms with Crippen LogP contribution in [0.4, 0.5) is 0 Å². The molecule has 0 bridgehead atoms. The Kier molecular flexibility index (Phi) is 3.59. The zero-order valence-electron chi connectivity index (χ0n) is 12.8. The molecular weight excluding hydrogens is 236 g/mol. The van der Waals surface area contributed by atoms with E-state index in [0.717, 1.165) is 12.3 Å². The van der Waals surface area contributed by atoms with E-state index in [2.05, 4.69) is 68.7 Å². The number of benzene rings is 1. The summed E-state index contributed by atoms with van der Waals surface area (Å²) in [6.45, 7) is 7.58. The monoisotopic (exact) mass is 260 g/mol. The van der Waals surface area contributed by atoms with E-state index in [4.69, 9.17) is 4.74 Å². The third-order valence-corrected chi connectivity index (χ3v) is 4.06.